The molecule has 0 aromatic heterocycles. The predicted octanol–water partition coefficient (Wildman–Crippen LogP) is -1.29. The van der Waals surface area contributed by atoms with Crippen LogP contribution in [0.25, 0.3) is 0 Å². The summed E-state index contributed by atoms with van der Waals surface area (Å²) in [6.07, 6.45) is 0. The topological polar surface area (TPSA) is 57.5 Å². The van der Waals surface area contributed by atoms with E-state index in [-0.39, 0.29) is 0 Å². The Labute approximate surface area is 53.8 Å². The fraction of sp³-hybridized carbons (Fsp3) is 0. The third kappa shape index (κ3) is 5.66. The first-order chi connectivity index (χ1) is 2.56. The molecule has 38 valence electrons. The van der Waals surface area contributed by atoms with Crippen LogP contribution in [0.5, 0.6) is 0 Å². The second-order valence-corrected chi connectivity index (χ2v) is 17.5. The summed E-state index contributed by atoms with van der Waals surface area (Å²) >= 11 is -0.116. The van der Waals surface area contributed by atoms with Gasteiger partial charge in [-0.1, -0.05) is 0 Å². The van der Waals surface area contributed by atoms with Crippen LogP contribution in [0.1, 0.15) is 0 Å². The Morgan fingerprint density at radius 2 is 1.83 bits per heavy atom. The normalized spacial score (nSPS) is 11.8. The first kappa shape index (κ1) is 7.66. The van der Waals surface area contributed by atoms with E-state index in [9.17, 15) is 4.57 Å². The Morgan fingerprint density at radius 3 is 1.83 bits per heavy atom. The number of rotatable bonds is 1. The van der Waals surface area contributed by atoms with Crippen LogP contribution < -0.4 is 0 Å². The zero-order valence-electron chi connectivity index (χ0n) is 2.74. The van der Waals surface area contributed by atoms with Gasteiger partial charge >= 0.3 is 54.1 Å². The average molecular weight is 301 g/mol. The molecule has 3 nitrogen and oxygen atoms in total. The third-order valence-corrected chi connectivity index (χ3v) is 16.3. The van der Waals surface area contributed by atoms with E-state index in [2.05, 4.69) is 0 Å². The molecule has 0 bridgehead atoms. The van der Waals surface area contributed by atoms with Crippen molar-refractivity contribution in [3.63, 3.8) is 0 Å². The second kappa shape index (κ2) is 2.84. The summed E-state index contributed by atoms with van der Waals surface area (Å²) < 4.78 is 9.78. The Kier molecular flexibility index (Phi) is 3.63. The molecule has 6 heavy (non-hydrogen) atoms. The van der Waals surface area contributed by atoms with Crippen molar-refractivity contribution >= 4 is 25.4 Å². The second-order valence-electron chi connectivity index (χ2n) is 0.596. The SMILES string of the molecule is O=[P](O)(O)[Mo][SbH2]. The van der Waals surface area contributed by atoms with Crippen molar-refractivity contribution in [2.24, 2.45) is 0 Å². The molecule has 0 aliphatic rings. The van der Waals surface area contributed by atoms with Gasteiger partial charge in [-0.2, -0.15) is 0 Å². The first-order valence-electron chi connectivity index (χ1n) is 1.00. The molecule has 0 amide bonds. The molecule has 0 fully saturated rings. The van der Waals surface area contributed by atoms with Gasteiger partial charge in [-0.3, -0.25) is 0 Å². The van der Waals surface area contributed by atoms with Crippen LogP contribution in [-0.4, -0.2) is 29.5 Å². The van der Waals surface area contributed by atoms with Crippen LogP contribution in [-0.2, 0) is 18.8 Å². The fourth-order valence-electron chi connectivity index (χ4n) is 0. The van der Waals surface area contributed by atoms with Crippen molar-refractivity contribution in [3.8, 4) is 0 Å². The van der Waals surface area contributed by atoms with Gasteiger partial charge in [0.15, 0.2) is 0 Å². The molecular weight excluding hydrogens is 297 g/mol. The Hall–Kier alpha value is 1.66. The van der Waals surface area contributed by atoms with E-state index in [1.807, 2.05) is 0 Å². The predicted molar refractivity (Wildman–Crippen MR) is 20.6 cm³/mol. The quantitative estimate of drug-likeness (QED) is 0.468. The van der Waals surface area contributed by atoms with Crippen LogP contribution in [0.2, 0.25) is 0 Å². The van der Waals surface area contributed by atoms with Crippen molar-refractivity contribution in [1.29, 1.82) is 0 Å². The minimum absolute atomic E-state index is 0.770. The van der Waals surface area contributed by atoms with Crippen molar-refractivity contribution in [2.45, 2.75) is 0 Å². The van der Waals surface area contributed by atoms with Crippen molar-refractivity contribution in [1.82, 2.24) is 0 Å². The van der Waals surface area contributed by atoms with Gasteiger partial charge in [0.05, 0.1) is 0 Å². The summed E-state index contributed by atoms with van der Waals surface area (Å²) in [4.78, 5) is 16.1. The summed E-state index contributed by atoms with van der Waals surface area (Å²) in [6.45, 7) is 0. The summed E-state index contributed by atoms with van der Waals surface area (Å²) in [5.74, 6) is 0. The summed E-state index contributed by atoms with van der Waals surface area (Å²) in [7, 11) is 0. The molecule has 0 heterocycles. The summed E-state index contributed by atoms with van der Waals surface area (Å²) in [6, 6.07) is 0. The molecule has 0 aliphatic carbocycles. The zero-order chi connectivity index (χ0) is 5.21. The van der Waals surface area contributed by atoms with Gasteiger partial charge in [-0.15, -0.1) is 0 Å². The van der Waals surface area contributed by atoms with Crippen LogP contribution in [0.4, 0.5) is 0 Å². The van der Waals surface area contributed by atoms with Gasteiger partial charge in [0.1, 0.15) is 0 Å². The minimum atomic E-state index is -3.46. The van der Waals surface area contributed by atoms with Crippen molar-refractivity contribution in [3.05, 3.63) is 0 Å². The molecule has 6 heteroatoms. The van der Waals surface area contributed by atoms with Crippen molar-refractivity contribution < 1.29 is 28.6 Å². The molecule has 0 rings (SSSR count). The van der Waals surface area contributed by atoms with E-state index >= 15 is 0 Å². The van der Waals surface area contributed by atoms with E-state index < -0.39 is 20.0 Å². The zero-order valence-corrected chi connectivity index (χ0v) is 8.93. The molecule has 0 aromatic carbocycles. The maximum absolute atomic E-state index is 9.78. The van der Waals surface area contributed by atoms with E-state index in [0.29, 0.717) is 0 Å². The van der Waals surface area contributed by atoms with Crippen LogP contribution >= 0.6 is 5.69 Å². The average Bonchev–Trinajstić information content (AvgIpc) is 1.35. The first-order valence-corrected chi connectivity index (χ1v) is 14.3. The van der Waals surface area contributed by atoms with E-state index in [1.165, 1.54) is 0 Å². The van der Waals surface area contributed by atoms with Gasteiger partial charge in [0, 0.05) is 0 Å². The molecule has 0 saturated heterocycles. The van der Waals surface area contributed by atoms with Gasteiger partial charge in [-0.25, -0.2) is 0 Å². The van der Waals surface area contributed by atoms with Gasteiger partial charge in [0.2, 0.25) is 0 Å². The fourth-order valence-corrected chi connectivity index (χ4v) is 0. The molecule has 0 radical (unpaired) electrons. The molecule has 0 atom stereocenters. The third-order valence-electron chi connectivity index (χ3n) is 0.137. The molecule has 2 N–H and O–H groups in total. The van der Waals surface area contributed by atoms with Crippen molar-refractivity contribution in [2.75, 3.05) is 0 Å². The molecule has 0 spiro atoms. The summed E-state index contributed by atoms with van der Waals surface area (Å²) in [5.41, 5.74) is -3.46. The Balaban J connectivity index is 3.48. The van der Waals surface area contributed by atoms with Gasteiger partial charge in [0.25, 0.3) is 0 Å². The van der Waals surface area contributed by atoms with Crippen LogP contribution in [0.3, 0.4) is 0 Å². The number of hydrogen-bond acceptors (Lipinski definition) is 1. The van der Waals surface area contributed by atoms with Crippen LogP contribution in [0, 0.1) is 0 Å². The van der Waals surface area contributed by atoms with Gasteiger partial charge in [-0.05, 0) is 0 Å². The molecule has 0 aromatic rings. The molecule has 0 saturated carbocycles. The van der Waals surface area contributed by atoms with Gasteiger partial charge < -0.3 is 0 Å². The number of hydrogen-bond donors (Lipinski definition) is 2. The molecular formula is H4MoO3PSb. The monoisotopic (exact) mass is 302 g/mol. The maximum atomic E-state index is 9.78. The standard InChI is InChI=1S/Mo.HO3P.Sb.2H/c;1-4(2)3;;;/h;(H-,1,2,3);;;/q-1;;;;/p+1. The Bertz CT molecular complexity index is 74.9. The summed E-state index contributed by atoms with van der Waals surface area (Å²) in [5, 5.41) is 0. The van der Waals surface area contributed by atoms with E-state index in [0.717, 1.165) is 19.7 Å². The Morgan fingerprint density at radius 1 is 1.67 bits per heavy atom. The van der Waals surface area contributed by atoms with E-state index in [1.54, 1.807) is 0 Å². The van der Waals surface area contributed by atoms with Crippen LogP contribution in [0.15, 0.2) is 0 Å². The molecule has 0 aliphatic heterocycles. The van der Waals surface area contributed by atoms with E-state index in [4.69, 9.17) is 9.79 Å². The molecule has 0 unspecified atom stereocenters.